The van der Waals surface area contributed by atoms with E-state index in [1.807, 2.05) is 25.1 Å². The fraction of sp³-hybridized carbons (Fsp3) is 0.429. The van der Waals surface area contributed by atoms with Gasteiger partial charge in [0.1, 0.15) is 0 Å². The highest BCUT2D eigenvalue weighted by Gasteiger charge is 2.22. The average Bonchev–Trinajstić information content (AvgIpc) is 2.43. The SMILES string of the molecule is Cc1ccc(NC(=O)N2CCC(C#N)CC2)cc1Br. The number of nitrogens with zero attached hydrogens (tertiary/aromatic N) is 2. The topological polar surface area (TPSA) is 56.1 Å². The minimum absolute atomic E-state index is 0.0906. The molecule has 0 spiro atoms. The number of hydrogen-bond acceptors (Lipinski definition) is 2. The van der Waals surface area contributed by atoms with Crippen molar-refractivity contribution >= 4 is 27.6 Å². The lowest BCUT2D eigenvalue weighted by molar-refractivity contribution is 0.192. The molecule has 100 valence electrons. The Bertz CT molecular complexity index is 516. The molecule has 1 heterocycles. The van der Waals surface area contributed by atoms with Crippen molar-refractivity contribution in [1.82, 2.24) is 4.90 Å². The van der Waals surface area contributed by atoms with Gasteiger partial charge in [0, 0.05) is 29.2 Å². The van der Waals surface area contributed by atoms with Gasteiger partial charge in [0.2, 0.25) is 0 Å². The van der Waals surface area contributed by atoms with Crippen molar-refractivity contribution < 1.29 is 4.79 Å². The molecule has 4 nitrogen and oxygen atoms in total. The molecular weight excluding hydrogens is 306 g/mol. The summed E-state index contributed by atoms with van der Waals surface area (Å²) in [6.45, 7) is 3.30. The fourth-order valence-corrected chi connectivity index (χ4v) is 2.46. The van der Waals surface area contributed by atoms with E-state index in [0.29, 0.717) is 13.1 Å². The maximum atomic E-state index is 12.1. The Kier molecular flexibility index (Phi) is 4.43. The van der Waals surface area contributed by atoms with Crippen LogP contribution in [0.3, 0.4) is 0 Å². The molecule has 0 radical (unpaired) electrons. The highest BCUT2D eigenvalue weighted by molar-refractivity contribution is 9.10. The highest BCUT2D eigenvalue weighted by atomic mass is 79.9. The smallest absolute Gasteiger partial charge is 0.321 e. The van der Waals surface area contributed by atoms with Crippen LogP contribution >= 0.6 is 15.9 Å². The number of carbonyl (C=O) groups is 1. The molecular formula is C14H16BrN3O. The number of halogens is 1. The minimum Gasteiger partial charge on any atom is -0.324 e. The van der Waals surface area contributed by atoms with E-state index in [4.69, 9.17) is 5.26 Å². The number of likely N-dealkylation sites (tertiary alicyclic amines) is 1. The molecule has 0 atom stereocenters. The van der Waals surface area contributed by atoms with Crippen LogP contribution in [0.15, 0.2) is 22.7 Å². The molecule has 0 aliphatic carbocycles. The predicted octanol–water partition coefficient (Wildman–Crippen LogP) is 3.53. The molecule has 1 saturated heterocycles. The number of urea groups is 1. The van der Waals surface area contributed by atoms with Crippen LogP contribution in [0.2, 0.25) is 0 Å². The Morgan fingerprint density at radius 2 is 2.16 bits per heavy atom. The summed E-state index contributed by atoms with van der Waals surface area (Å²) in [6, 6.07) is 7.92. The number of aryl methyl sites for hydroxylation is 1. The molecule has 2 amide bonds. The molecule has 1 aromatic carbocycles. The minimum atomic E-state index is -0.0906. The predicted molar refractivity (Wildman–Crippen MR) is 77.8 cm³/mol. The monoisotopic (exact) mass is 321 g/mol. The van der Waals surface area contributed by atoms with Gasteiger partial charge in [-0.15, -0.1) is 0 Å². The van der Waals surface area contributed by atoms with Gasteiger partial charge >= 0.3 is 6.03 Å². The number of hydrogen-bond donors (Lipinski definition) is 1. The third-order valence-electron chi connectivity index (χ3n) is 3.39. The summed E-state index contributed by atoms with van der Waals surface area (Å²) in [6.07, 6.45) is 1.53. The Balaban J connectivity index is 1.94. The van der Waals surface area contributed by atoms with Crippen molar-refractivity contribution in [3.05, 3.63) is 28.2 Å². The van der Waals surface area contributed by atoms with Crippen LogP contribution in [0.25, 0.3) is 0 Å². The number of benzene rings is 1. The van der Waals surface area contributed by atoms with Gasteiger partial charge in [-0.25, -0.2) is 4.79 Å². The fourth-order valence-electron chi connectivity index (χ4n) is 2.08. The zero-order valence-corrected chi connectivity index (χ0v) is 12.4. The number of carbonyl (C=O) groups excluding carboxylic acids is 1. The first-order valence-electron chi connectivity index (χ1n) is 6.32. The van der Waals surface area contributed by atoms with Crippen molar-refractivity contribution in [1.29, 1.82) is 5.26 Å². The third-order valence-corrected chi connectivity index (χ3v) is 4.24. The van der Waals surface area contributed by atoms with Crippen molar-refractivity contribution in [2.24, 2.45) is 5.92 Å². The van der Waals surface area contributed by atoms with Crippen molar-refractivity contribution in [3.8, 4) is 6.07 Å². The molecule has 1 aliphatic heterocycles. The second-order valence-electron chi connectivity index (χ2n) is 4.78. The molecule has 0 unspecified atom stereocenters. The average molecular weight is 322 g/mol. The molecule has 19 heavy (non-hydrogen) atoms. The maximum Gasteiger partial charge on any atom is 0.321 e. The van der Waals surface area contributed by atoms with E-state index in [9.17, 15) is 4.79 Å². The van der Waals surface area contributed by atoms with Crippen molar-refractivity contribution in [2.75, 3.05) is 18.4 Å². The molecule has 1 aromatic rings. The molecule has 0 aromatic heterocycles. The van der Waals surface area contributed by atoms with Crippen LogP contribution in [-0.4, -0.2) is 24.0 Å². The maximum absolute atomic E-state index is 12.1. The number of piperidine rings is 1. The van der Waals surface area contributed by atoms with Crippen LogP contribution in [-0.2, 0) is 0 Å². The lowest BCUT2D eigenvalue weighted by Crippen LogP contribution is -2.40. The molecule has 1 aliphatic rings. The number of amides is 2. The quantitative estimate of drug-likeness (QED) is 0.860. The van der Waals surface area contributed by atoms with Crippen LogP contribution < -0.4 is 5.32 Å². The molecule has 1 fully saturated rings. The first-order chi connectivity index (χ1) is 9.10. The molecule has 2 rings (SSSR count). The van der Waals surface area contributed by atoms with Crippen LogP contribution in [0.1, 0.15) is 18.4 Å². The van der Waals surface area contributed by atoms with Crippen molar-refractivity contribution in [3.63, 3.8) is 0 Å². The first-order valence-corrected chi connectivity index (χ1v) is 7.11. The van der Waals surface area contributed by atoms with Crippen molar-refractivity contribution in [2.45, 2.75) is 19.8 Å². The summed E-state index contributed by atoms with van der Waals surface area (Å²) >= 11 is 3.45. The summed E-state index contributed by atoms with van der Waals surface area (Å²) in [5, 5.41) is 11.7. The highest BCUT2D eigenvalue weighted by Crippen LogP contribution is 2.22. The van der Waals surface area contributed by atoms with E-state index in [2.05, 4.69) is 27.3 Å². The first kappa shape index (κ1) is 13.9. The normalized spacial score (nSPS) is 15.9. The van der Waals surface area contributed by atoms with Gasteiger partial charge in [-0.05, 0) is 37.5 Å². The van der Waals surface area contributed by atoms with E-state index < -0.39 is 0 Å². The second-order valence-corrected chi connectivity index (χ2v) is 5.64. The van der Waals surface area contributed by atoms with Crippen LogP contribution in [0.5, 0.6) is 0 Å². The van der Waals surface area contributed by atoms with Gasteiger partial charge < -0.3 is 10.2 Å². The van der Waals surface area contributed by atoms with E-state index >= 15 is 0 Å². The van der Waals surface area contributed by atoms with Crippen LogP contribution in [0.4, 0.5) is 10.5 Å². The van der Waals surface area contributed by atoms with Gasteiger partial charge in [0.15, 0.2) is 0 Å². The Morgan fingerprint density at radius 3 is 2.74 bits per heavy atom. The van der Waals surface area contributed by atoms with Gasteiger partial charge in [-0.3, -0.25) is 0 Å². The summed E-state index contributed by atoms with van der Waals surface area (Å²) in [7, 11) is 0. The largest absolute Gasteiger partial charge is 0.324 e. The summed E-state index contributed by atoms with van der Waals surface area (Å²) in [5.41, 5.74) is 1.91. The van der Waals surface area contributed by atoms with E-state index in [1.165, 1.54) is 0 Å². The molecule has 0 bridgehead atoms. The summed E-state index contributed by atoms with van der Waals surface area (Å²) in [4.78, 5) is 13.8. The van der Waals surface area contributed by atoms with Gasteiger partial charge in [0.25, 0.3) is 0 Å². The van der Waals surface area contributed by atoms with Crippen LogP contribution in [0, 0.1) is 24.2 Å². The lowest BCUT2D eigenvalue weighted by atomic mass is 9.99. The summed E-state index contributed by atoms with van der Waals surface area (Å²) in [5.74, 6) is 0.0950. The second kappa shape index (κ2) is 6.07. The van der Waals surface area contributed by atoms with Gasteiger partial charge in [-0.1, -0.05) is 22.0 Å². The number of nitrogens with one attached hydrogen (secondary N) is 1. The number of nitriles is 1. The zero-order valence-electron chi connectivity index (χ0n) is 10.8. The molecule has 1 N–H and O–H groups in total. The molecule has 5 heteroatoms. The Morgan fingerprint density at radius 1 is 1.47 bits per heavy atom. The van der Waals surface area contributed by atoms with Gasteiger partial charge in [0.05, 0.1) is 6.07 Å². The Hall–Kier alpha value is -1.54. The summed E-state index contributed by atoms with van der Waals surface area (Å²) < 4.78 is 0.980. The molecule has 0 saturated carbocycles. The van der Waals surface area contributed by atoms with E-state index in [1.54, 1.807) is 4.90 Å². The number of anilines is 1. The number of rotatable bonds is 1. The van der Waals surface area contributed by atoms with E-state index in [-0.39, 0.29) is 11.9 Å². The van der Waals surface area contributed by atoms with Gasteiger partial charge in [-0.2, -0.15) is 5.26 Å². The lowest BCUT2D eigenvalue weighted by Gasteiger charge is -2.29. The third kappa shape index (κ3) is 3.48. The zero-order chi connectivity index (χ0) is 13.8. The van der Waals surface area contributed by atoms with E-state index in [0.717, 1.165) is 28.6 Å². The standard InChI is InChI=1S/C14H16BrN3O/c1-10-2-3-12(8-13(10)15)17-14(19)18-6-4-11(9-16)5-7-18/h2-3,8,11H,4-7H2,1H3,(H,17,19). The Labute approximate surface area is 121 Å².